The average molecular weight is 249 g/mol. The molecule has 0 aromatic carbocycles. The highest BCUT2D eigenvalue weighted by atomic mass is 127. The van der Waals surface area contributed by atoms with Gasteiger partial charge in [0.15, 0.2) is 5.69 Å². The van der Waals surface area contributed by atoms with E-state index >= 15 is 0 Å². The molecule has 4 nitrogen and oxygen atoms in total. The van der Waals surface area contributed by atoms with Gasteiger partial charge >= 0.3 is 0 Å². The summed E-state index contributed by atoms with van der Waals surface area (Å²) in [6, 6.07) is 0. The maximum absolute atomic E-state index is 10.5. The monoisotopic (exact) mass is 249 g/mol. The first-order valence-electron chi connectivity index (χ1n) is 2.48. The summed E-state index contributed by atoms with van der Waals surface area (Å²) in [5.74, 6) is -0.544. The fourth-order valence-corrected chi connectivity index (χ4v) is 1.05. The van der Waals surface area contributed by atoms with Crippen LogP contribution in [0, 0.1) is 3.70 Å². The van der Waals surface area contributed by atoms with Crippen molar-refractivity contribution in [1.29, 1.82) is 0 Å². The minimum absolute atomic E-state index is 0.225. The van der Waals surface area contributed by atoms with E-state index in [-0.39, 0.29) is 5.69 Å². The van der Waals surface area contributed by atoms with E-state index in [1.54, 1.807) is 0 Å². The Morgan fingerprint density at radius 3 is 2.50 bits per heavy atom. The van der Waals surface area contributed by atoms with Crippen LogP contribution >= 0.6 is 22.6 Å². The summed E-state index contributed by atoms with van der Waals surface area (Å²) in [6.07, 6.45) is 2.94. The highest BCUT2D eigenvalue weighted by Gasteiger charge is 2.05. The van der Waals surface area contributed by atoms with Gasteiger partial charge in [0.2, 0.25) is 0 Å². The summed E-state index contributed by atoms with van der Waals surface area (Å²) in [5, 5.41) is 0. The van der Waals surface area contributed by atoms with E-state index in [1.165, 1.54) is 12.4 Å². The second-order valence-electron chi connectivity index (χ2n) is 1.56. The van der Waals surface area contributed by atoms with Gasteiger partial charge in [-0.05, 0) is 22.6 Å². The maximum Gasteiger partial charge on any atom is 0.270 e. The standard InChI is InChI=1S/C5H4IN3O/c6-4-3(5(7)10)8-1-2-9-4/h1-2H,(H2,7,10). The molecule has 10 heavy (non-hydrogen) atoms. The predicted octanol–water partition coefficient (Wildman–Crippen LogP) is 0.180. The van der Waals surface area contributed by atoms with Crippen molar-refractivity contribution in [3.63, 3.8) is 0 Å². The van der Waals surface area contributed by atoms with Crippen molar-refractivity contribution in [1.82, 2.24) is 9.97 Å². The fraction of sp³-hybridized carbons (Fsp3) is 0. The van der Waals surface area contributed by atoms with Crippen LogP contribution in [0.15, 0.2) is 12.4 Å². The normalized spacial score (nSPS) is 9.30. The van der Waals surface area contributed by atoms with Crippen molar-refractivity contribution >= 4 is 28.5 Å². The van der Waals surface area contributed by atoms with E-state index in [9.17, 15) is 4.79 Å². The van der Waals surface area contributed by atoms with Crippen LogP contribution in [0.3, 0.4) is 0 Å². The Kier molecular flexibility index (Phi) is 2.15. The third kappa shape index (κ3) is 1.41. The van der Waals surface area contributed by atoms with Crippen molar-refractivity contribution in [3.8, 4) is 0 Å². The molecule has 0 aliphatic carbocycles. The van der Waals surface area contributed by atoms with Crippen LogP contribution in [-0.4, -0.2) is 15.9 Å². The number of aromatic nitrogens is 2. The van der Waals surface area contributed by atoms with Crippen molar-refractivity contribution in [2.45, 2.75) is 0 Å². The largest absolute Gasteiger partial charge is 0.364 e. The van der Waals surface area contributed by atoms with E-state index in [0.29, 0.717) is 3.70 Å². The first-order valence-corrected chi connectivity index (χ1v) is 3.56. The van der Waals surface area contributed by atoms with Crippen LogP contribution in [0.25, 0.3) is 0 Å². The molecule has 0 unspecified atom stereocenters. The smallest absolute Gasteiger partial charge is 0.270 e. The molecule has 2 N–H and O–H groups in total. The van der Waals surface area contributed by atoms with E-state index in [1.807, 2.05) is 22.6 Å². The molecule has 0 radical (unpaired) electrons. The number of halogens is 1. The minimum atomic E-state index is -0.544. The summed E-state index contributed by atoms with van der Waals surface area (Å²) in [7, 11) is 0. The summed E-state index contributed by atoms with van der Waals surface area (Å²) in [5.41, 5.74) is 5.19. The Bertz CT molecular complexity index is 263. The number of rotatable bonds is 1. The van der Waals surface area contributed by atoms with Crippen LogP contribution in [0.1, 0.15) is 10.5 Å². The Labute approximate surface area is 71.0 Å². The summed E-state index contributed by atoms with van der Waals surface area (Å²) in [6.45, 7) is 0. The van der Waals surface area contributed by atoms with Crippen LogP contribution in [0.2, 0.25) is 0 Å². The molecule has 0 saturated heterocycles. The van der Waals surface area contributed by atoms with Crippen LogP contribution < -0.4 is 5.73 Å². The highest BCUT2D eigenvalue weighted by molar-refractivity contribution is 14.1. The van der Waals surface area contributed by atoms with E-state index in [0.717, 1.165) is 0 Å². The molecule has 1 aromatic heterocycles. The van der Waals surface area contributed by atoms with Crippen LogP contribution in [0.4, 0.5) is 0 Å². The molecule has 1 heterocycles. The first-order chi connectivity index (χ1) is 4.72. The molecule has 1 amide bonds. The number of primary amides is 1. The molecule has 5 heteroatoms. The summed E-state index contributed by atoms with van der Waals surface area (Å²) < 4.78 is 0.535. The number of nitrogens with two attached hydrogens (primary N) is 1. The zero-order valence-electron chi connectivity index (χ0n) is 4.91. The van der Waals surface area contributed by atoms with Gasteiger partial charge in [-0.2, -0.15) is 0 Å². The Morgan fingerprint density at radius 2 is 2.10 bits per heavy atom. The van der Waals surface area contributed by atoms with Crippen molar-refractivity contribution in [3.05, 3.63) is 21.8 Å². The first kappa shape index (κ1) is 7.39. The molecule has 0 fully saturated rings. The fourth-order valence-electron chi connectivity index (χ4n) is 0.486. The minimum Gasteiger partial charge on any atom is -0.364 e. The molecule has 0 atom stereocenters. The lowest BCUT2D eigenvalue weighted by Gasteiger charge is -1.93. The molecule has 0 aliphatic heterocycles. The van der Waals surface area contributed by atoms with E-state index in [4.69, 9.17) is 5.73 Å². The summed E-state index contributed by atoms with van der Waals surface area (Å²) >= 11 is 1.90. The second-order valence-corrected chi connectivity index (χ2v) is 2.58. The molecule has 0 aliphatic rings. The number of carbonyl (C=O) groups is 1. The number of amides is 1. The zero-order chi connectivity index (χ0) is 7.56. The van der Waals surface area contributed by atoms with Gasteiger partial charge in [-0.3, -0.25) is 4.79 Å². The highest BCUT2D eigenvalue weighted by Crippen LogP contribution is 2.02. The molecule has 0 spiro atoms. The lowest BCUT2D eigenvalue weighted by molar-refractivity contribution is 0.0994. The molecular weight excluding hydrogens is 245 g/mol. The van der Waals surface area contributed by atoms with Crippen LogP contribution in [0.5, 0.6) is 0 Å². The molecule has 0 saturated carbocycles. The quantitative estimate of drug-likeness (QED) is 0.722. The molecule has 52 valence electrons. The Hall–Kier alpha value is -0.720. The van der Waals surface area contributed by atoms with Gasteiger partial charge in [0.05, 0.1) is 0 Å². The van der Waals surface area contributed by atoms with Crippen molar-refractivity contribution in [2.75, 3.05) is 0 Å². The lowest BCUT2D eigenvalue weighted by Crippen LogP contribution is -2.15. The average Bonchev–Trinajstić information content (AvgIpc) is 1.88. The van der Waals surface area contributed by atoms with Gasteiger partial charge in [0, 0.05) is 12.4 Å². The third-order valence-electron chi connectivity index (χ3n) is 0.887. The molecule has 1 aromatic rings. The van der Waals surface area contributed by atoms with Crippen LogP contribution in [-0.2, 0) is 0 Å². The molecule has 1 rings (SSSR count). The summed E-state index contributed by atoms with van der Waals surface area (Å²) in [4.78, 5) is 18.1. The van der Waals surface area contributed by atoms with Gasteiger partial charge in [-0.25, -0.2) is 9.97 Å². The van der Waals surface area contributed by atoms with Gasteiger partial charge in [0.1, 0.15) is 3.70 Å². The lowest BCUT2D eigenvalue weighted by atomic mass is 10.4. The Balaban J connectivity index is 3.15. The van der Waals surface area contributed by atoms with Crippen molar-refractivity contribution < 1.29 is 4.79 Å². The zero-order valence-corrected chi connectivity index (χ0v) is 7.07. The number of hydrogen-bond donors (Lipinski definition) is 1. The van der Waals surface area contributed by atoms with Gasteiger partial charge in [-0.15, -0.1) is 0 Å². The van der Waals surface area contributed by atoms with Gasteiger partial charge < -0.3 is 5.73 Å². The van der Waals surface area contributed by atoms with E-state index in [2.05, 4.69) is 9.97 Å². The van der Waals surface area contributed by atoms with Crippen molar-refractivity contribution in [2.24, 2.45) is 5.73 Å². The topological polar surface area (TPSA) is 68.9 Å². The van der Waals surface area contributed by atoms with Gasteiger partial charge in [0.25, 0.3) is 5.91 Å². The number of hydrogen-bond acceptors (Lipinski definition) is 3. The third-order valence-corrected chi connectivity index (χ3v) is 1.68. The Morgan fingerprint density at radius 1 is 1.50 bits per heavy atom. The molecule has 0 bridgehead atoms. The SMILES string of the molecule is NC(=O)c1nccnc1I. The number of carbonyl (C=O) groups excluding carboxylic acids is 1. The second kappa shape index (κ2) is 2.91. The van der Waals surface area contributed by atoms with Gasteiger partial charge in [-0.1, -0.05) is 0 Å². The maximum atomic E-state index is 10.5. The number of nitrogens with zero attached hydrogens (tertiary/aromatic N) is 2. The van der Waals surface area contributed by atoms with E-state index < -0.39 is 5.91 Å². The molecular formula is C5H4IN3O. The predicted molar refractivity (Wildman–Crippen MR) is 43.3 cm³/mol.